The van der Waals surface area contributed by atoms with Gasteiger partial charge in [-0.15, -0.1) is 11.3 Å². The molecule has 2 fully saturated rings. The zero-order valence-electron chi connectivity index (χ0n) is 10.9. The number of Topliss-reactive ketones (excluding diaryl/α,β-unsaturated/α-hetero) is 1. The summed E-state index contributed by atoms with van der Waals surface area (Å²) >= 11 is 1.33. The summed E-state index contributed by atoms with van der Waals surface area (Å²) in [6.07, 6.45) is 5.10. The van der Waals surface area contributed by atoms with Gasteiger partial charge in [0.1, 0.15) is 16.6 Å². The number of rotatable bonds is 5. The van der Waals surface area contributed by atoms with Crippen LogP contribution in [0, 0.1) is 23.2 Å². The molecule has 1 aromatic rings. The predicted octanol–water partition coefficient (Wildman–Crippen LogP) is 3.01. The number of anilines is 2. The maximum absolute atomic E-state index is 11.5. The summed E-state index contributed by atoms with van der Waals surface area (Å²) in [7, 11) is 0. The van der Waals surface area contributed by atoms with Crippen LogP contribution in [0.15, 0.2) is 0 Å². The van der Waals surface area contributed by atoms with E-state index in [1.165, 1.54) is 43.9 Å². The van der Waals surface area contributed by atoms with E-state index in [-0.39, 0.29) is 5.78 Å². The molecule has 0 bridgehead atoms. The Bertz CT molecular complexity index is 552. The molecule has 0 amide bonds. The third-order valence-electron chi connectivity index (χ3n) is 3.93. The van der Waals surface area contributed by atoms with Gasteiger partial charge in [0.05, 0.1) is 10.6 Å². The molecule has 1 heterocycles. The van der Waals surface area contributed by atoms with Gasteiger partial charge in [-0.2, -0.15) is 5.26 Å². The van der Waals surface area contributed by atoms with Crippen LogP contribution in [-0.2, 0) is 0 Å². The summed E-state index contributed by atoms with van der Waals surface area (Å²) in [4.78, 5) is 12.0. The quantitative estimate of drug-likeness (QED) is 0.810. The molecule has 0 unspecified atom stereocenters. The molecule has 100 valence electrons. The Morgan fingerprint density at radius 3 is 2.42 bits per heavy atom. The lowest BCUT2D eigenvalue weighted by Gasteiger charge is -2.17. The second kappa shape index (κ2) is 4.53. The Kier molecular flexibility index (Phi) is 2.98. The van der Waals surface area contributed by atoms with Crippen LogP contribution in [0.25, 0.3) is 0 Å². The van der Waals surface area contributed by atoms with Gasteiger partial charge in [-0.1, -0.05) is 0 Å². The number of nitrogens with zero attached hydrogens (tertiary/aromatic N) is 1. The molecule has 1 aromatic heterocycles. The molecule has 0 spiro atoms. The highest BCUT2D eigenvalue weighted by Crippen LogP contribution is 2.47. The predicted molar refractivity (Wildman–Crippen MR) is 76.3 cm³/mol. The fraction of sp³-hybridized carbons (Fsp3) is 0.571. The first-order chi connectivity index (χ1) is 9.11. The summed E-state index contributed by atoms with van der Waals surface area (Å²) in [6.45, 7) is 1.49. The van der Waals surface area contributed by atoms with Gasteiger partial charge in [-0.3, -0.25) is 4.79 Å². The van der Waals surface area contributed by atoms with Crippen molar-refractivity contribution in [1.29, 1.82) is 5.26 Å². The maximum atomic E-state index is 11.5. The molecule has 0 atom stereocenters. The standard InChI is InChI=1S/C14H17N3OS/c1-7(18)13-11(16)10(6-15)14(19-13)17-12(8-2-3-8)9-4-5-9/h8-9,12,17H,2-5,16H2,1H3. The number of nitriles is 1. The average Bonchev–Trinajstić information content (AvgIpc) is 3.25. The Labute approximate surface area is 116 Å². The van der Waals surface area contributed by atoms with E-state index in [9.17, 15) is 10.1 Å². The van der Waals surface area contributed by atoms with Crippen molar-refractivity contribution in [2.45, 2.75) is 38.6 Å². The Hall–Kier alpha value is -1.54. The van der Waals surface area contributed by atoms with E-state index >= 15 is 0 Å². The second-order valence-electron chi connectivity index (χ2n) is 5.56. The number of ketones is 1. The van der Waals surface area contributed by atoms with Gasteiger partial charge in [0.2, 0.25) is 0 Å². The Morgan fingerprint density at radius 2 is 2.00 bits per heavy atom. The Balaban J connectivity index is 1.89. The van der Waals surface area contributed by atoms with Crippen molar-refractivity contribution in [2.75, 3.05) is 11.1 Å². The molecule has 19 heavy (non-hydrogen) atoms. The van der Waals surface area contributed by atoms with Gasteiger partial charge >= 0.3 is 0 Å². The molecule has 0 aliphatic heterocycles. The first-order valence-electron chi connectivity index (χ1n) is 6.71. The summed E-state index contributed by atoms with van der Waals surface area (Å²) in [5.74, 6) is 1.41. The molecule has 5 heteroatoms. The van der Waals surface area contributed by atoms with Crippen LogP contribution in [0.3, 0.4) is 0 Å². The molecule has 2 saturated carbocycles. The fourth-order valence-electron chi connectivity index (χ4n) is 2.60. The van der Waals surface area contributed by atoms with Gasteiger partial charge in [-0.25, -0.2) is 0 Å². The van der Waals surface area contributed by atoms with Gasteiger partial charge in [0, 0.05) is 13.0 Å². The number of hydrogen-bond acceptors (Lipinski definition) is 5. The minimum absolute atomic E-state index is 0.0681. The normalized spacial score (nSPS) is 18.4. The van der Waals surface area contributed by atoms with Crippen molar-refractivity contribution in [3.8, 4) is 6.07 Å². The van der Waals surface area contributed by atoms with Crippen LogP contribution in [0.5, 0.6) is 0 Å². The lowest BCUT2D eigenvalue weighted by Crippen LogP contribution is -2.24. The third kappa shape index (κ3) is 2.33. The highest BCUT2D eigenvalue weighted by Gasteiger charge is 2.42. The number of nitrogens with two attached hydrogens (primary N) is 1. The molecule has 0 saturated heterocycles. The zero-order chi connectivity index (χ0) is 13.6. The number of carbonyl (C=O) groups excluding carboxylic acids is 1. The SMILES string of the molecule is CC(=O)c1sc(NC(C2CC2)C2CC2)c(C#N)c1N. The molecule has 0 radical (unpaired) electrons. The topological polar surface area (TPSA) is 78.9 Å². The summed E-state index contributed by atoms with van der Waals surface area (Å²) in [5.41, 5.74) is 6.69. The van der Waals surface area contributed by atoms with Crippen LogP contribution in [0.2, 0.25) is 0 Å². The van der Waals surface area contributed by atoms with Crippen LogP contribution in [0.4, 0.5) is 10.7 Å². The molecule has 2 aliphatic carbocycles. The van der Waals surface area contributed by atoms with Gasteiger partial charge in [0.25, 0.3) is 0 Å². The van der Waals surface area contributed by atoms with E-state index in [1.54, 1.807) is 0 Å². The number of nitrogens with one attached hydrogen (secondary N) is 1. The van der Waals surface area contributed by atoms with Crippen LogP contribution in [-0.4, -0.2) is 11.8 Å². The maximum Gasteiger partial charge on any atom is 0.171 e. The smallest absolute Gasteiger partial charge is 0.171 e. The molecule has 4 nitrogen and oxygen atoms in total. The van der Waals surface area contributed by atoms with E-state index in [0.717, 1.165) is 16.8 Å². The highest BCUT2D eigenvalue weighted by atomic mass is 32.1. The van der Waals surface area contributed by atoms with Gasteiger partial charge < -0.3 is 11.1 Å². The van der Waals surface area contributed by atoms with Crippen molar-refractivity contribution in [3.05, 3.63) is 10.4 Å². The number of thiophene rings is 1. The summed E-state index contributed by atoms with van der Waals surface area (Å²) in [6, 6.07) is 2.60. The first kappa shape index (κ1) is 12.5. The third-order valence-corrected chi connectivity index (χ3v) is 5.17. The molecule has 3 N–H and O–H groups in total. The monoisotopic (exact) mass is 275 g/mol. The van der Waals surface area contributed by atoms with Crippen molar-refractivity contribution >= 4 is 27.8 Å². The van der Waals surface area contributed by atoms with E-state index in [4.69, 9.17) is 5.73 Å². The largest absolute Gasteiger partial charge is 0.396 e. The minimum atomic E-state index is -0.0681. The highest BCUT2D eigenvalue weighted by molar-refractivity contribution is 7.19. The van der Waals surface area contributed by atoms with Crippen molar-refractivity contribution in [3.63, 3.8) is 0 Å². The van der Waals surface area contributed by atoms with Crippen LogP contribution in [0.1, 0.15) is 47.8 Å². The number of carbonyl (C=O) groups is 1. The van der Waals surface area contributed by atoms with Gasteiger partial charge in [0.15, 0.2) is 5.78 Å². The average molecular weight is 275 g/mol. The molecule has 3 rings (SSSR count). The summed E-state index contributed by atoms with van der Waals surface area (Å²) < 4.78 is 0. The number of hydrogen-bond donors (Lipinski definition) is 2. The van der Waals surface area contributed by atoms with E-state index in [1.807, 2.05) is 0 Å². The van der Waals surface area contributed by atoms with Crippen molar-refractivity contribution in [2.24, 2.45) is 11.8 Å². The van der Waals surface area contributed by atoms with E-state index in [2.05, 4.69) is 11.4 Å². The van der Waals surface area contributed by atoms with Crippen molar-refractivity contribution < 1.29 is 4.79 Å². The zero-order valence-corrected chi connectivity index (χ0v) is 11.7. The lowest BCUT2D eigenvalue weighted by molar-refractivity contribution is 0.102. The van der Waals surface area contributed by atoms with Crippen LogP contribution < -0.4 is 11.1 Å². The second-order valence-corrected chi connectivity index (χ2v) is 6.58. The fourth-order valence-corrected chi connectivity index (χ4v) is 3.61. The Morgan fingerprint density at radius 1 is 1.42 bits per heavy atom. The minimum Gasteiger partial charge on any atom is -0.396 e. The van der Waals surface area contributed by atoms with Gasteiger partial charge in [-0.05, 0) is 37.5 Å². The van der Waals surface area contributed by atoms with Crippen LogP contribution >= 0.6 is 11.3 Å². The molecule has 0 aromatic carbocycles. The molecular formula is C14H17N3OS. The van der Waals surface area contributed by atoms with E-state index < -0.39 is 0 Å². The van der Waals surface area contributed by atoms with E-state index in [0.29, 0.717) is 22.2 Å². The van der Waals surface area contributed by atoms with Crippen molar-refractivity contribution in [1.82, 2.24) is 0 Å². The molecule has 2 aliphatic rings. The lowest BCUT2D eigenvalue weighted by atomic mass is 10.1. The summed E-state index contributed by atoms with van der Waals surface area (Å²) in [5, 5.41) is 13.5. The molecular weight excluding hydrogens is 258 g/mol. The number of nitrogen functional groups attached to an aromatic ring is 1. The first-order valence-corrected chi connectivity index (χ1v) is 7.53.